The van der Waals surface area contributed by atoms with Crippen molar-refractivity contribution in [2.75, 3.05) is 25.0 Å². The van der Waals surface area contributed by atoms with Gasteiger partial charge in [0.25, 0.3) is 15.7 Å². The van der Waals surface area contributed by atoms with Crippen molar-refractivity contribution in [2.45, 2.75) is 30.8 Å². The van der Waals surface area contributed by atoms with Gasteiger partial charge in [-0.2, -0.15) is 0 Å². The Labute approximate surface area is 282 Å². The molecule has 0 aromatic heterocycles. The van der Waals surface area contributed by atoms with E-state index in [9.17, 15) is 28.1 Å². The second-order valence-electron chi connectivity index (χ2n) is 10.5. The molecule has 4 rings (SSSR count). The zero-order valence-electron chi connectivity index (χ0n) is 25.7. The normalized spacial score (nSPS) is 11.8. The van der Waals surface area contributed by atoms with Crippen molar-refractivity contribution in [3.8, 4) is 5.75 Å². The van der Waals surface area contributed by atoms with Crippen molar-refractivity contribution >= 4 is 56.4 Å². The number of sulfonamides is 1. The SMILES string of the molecule is CNC(=O)[C@H](Cc1ccccc1)N(Cc1ccc(Cl)cc1)C(=O)CN(c1cc(Cl)ccc1OC)S(=O)(=O)c1ccc(C)c([N+](=O)[O-])c1. The highest BCUT2D eigenvalue weighted by atomic mass is 35.5. The number of rotatable bonds is 13. The number of nitrogens with zero attached hydrogens (tertiary/aromatic N) is 3. The number of hydrogen-bond donors (Lipinski definition) is 1. The van der Waals surface area contributed by atoms with Gasteiger partial charge in [0, 0.05) is 41.7 Å². The smallest absolute Gasteiger partial charge is 0.273 e. The molecule has 246 valence electrons. The Morgan fingerprint density at radius 1 is 0.936 bits per heavy atom. The largest absolute Gasteiger partial charge is 0.495 e. The van der Waals surface area contributed by atoms with Crippen molar-refractivity contribution < 1.29 is 27.7 Å². The van der Waals surface area contributed by atoms with Gasteiger partial charge in [0.05, 0.1) is 22.6 Å². The summed E-state index contributed by atoms with van der Waals surface area (Å²) in [4.78, 5) is 39.8. The number of ether oxygens (including phenoxy) is 1. The van der Waals surface area contributed by atoms with Gasteiger partial charge < -0.3 is 15.0 Å². The minimum atomic E-state index is -4.67. The molecule has 4 aromatic rings. The molecule has 0 unspecified atom stereocenters. The average Bonchev–Trinajstić information content (AvgIpc) is 3.05. The fourth-order valence-corrected chi connectivity index (χ4v) is 6.68. The molecule has 1 atom stereocenters. The maximum Gasteiger partial charge on any atom is 0.273 e. The number of halogens is 2. The van der Waals surface area contributed by atoms with Crippen LogP contribution in [0.3, 0.4) is 0 Å². The first-order valence-corrected chi connectivity index (χ1v) is 16.5. The molecule has 0 radical (unpaired) electrons. The molecule has 0 heterocycles. The third-order valence-corrected chi connectivity index (χ3v) is 9.68. The molecule has 14 heteroatoms. The van der Waals surface area contributed by atoms with E-state index in [4.69, 9.17) is 27.9 Å². The molecule has 1 N–H and O–H groups in total. The summed E-state index contributed by atoms with van der Waals surface area (Å²) < 4.78 is 34.9. The fourth-order valence-electron chi connectivity index (χ4n) is 4.95. The Balaban J connectivity index is 1.87. The Bertz CT molecular complexity index is 1870. The standard InChI is InChI=1S/C33H32Cl2N4O7S/c1-22-9-15-27(19-28(22)39(42)43)47(44,45)38(29-18-26(35)14-16-31(29)46-3)21-32(40)37(20-24-10-12-25(34)13-11-24)30(33(41)36-2)17-23-7-5-4-6-8-23/h4-16,18-19,30H,17,20-21H2,1-3H3,(H,36,41)/t30-/m0/s1. The lowest BCUT2D eigenvalue weighted by molar-refractivity contribution is -0.385. The Hall–Kier alpha value is -4.65. The molecule has 0 fully saturated rings. The second-order valence-corrected chi connectivity index (χ2v) is 13.2. The highest BCUT2D eigenvalue weighted by molar-refractivity contribution is 7.92. The van der Waals surface area contributed by atoms with Gasteiger partial charge in [-0.1, -0.05) is 71.7 Å². The molecule has 0 aliphatic heterocycles. The van der Waals surface area contributed by atoms with Gasteiger partial charge >= 0.3 is 0 Å². The van der Waals surface area contributed by atoms with E-state index in [1.165, 1.54) is 56.3 Å². The summed E-state index contributed by atoms with van der Waals surface area (Å²) in [6.45, 7) is 0.601. The summed E-state index contributed by atoms with van der Waals surface area (Å²) in [5.74, 6) is -1.14. The van der Waals surface area contributed by atoms with E-state index < -0.39 is 49.9 Å². The zero-order valence-corrected chi connectivity index (χ0v) is 28.1. The van der Waals surface area contributed by atoms with Gasteiger partial charge in [-0.25, -0.2) is 8.42 Å². The van der Waals surface area contributed by atoms with E-state index in [2.05, 4.69) is 5.32 Å². The van der Waals surface area contributed by atoms with Crippen LogP contribution in [-0.2, 0) is 32.6 Å². The first-order valence-electron chi connectivity index (χ1n) is 14.3. The lowest BCUT2D eigenvalue weighted by atomic mass is 10.0. The first-order chi connectivity index (χ1) is 22.3. The molecule has 0 bridgehead atoms. The molecule has 47 heavy (non-hydrogen) atoms. The maximum absolute atomic E-state index is 14.5. The number of anilines is 1. The zero-order chi connectivity index (χ0) is 34.3. The summed E-state index contributed by atoms with van der Waals surface area (Å²) in [5.41, 5.74) is 1.15. The average molecular weight is 700 g/mol. The highest BCUT2D eigenvalue weighted by Gasteiger charge is 2.36. The summed E-state index contributed by atoms with van der Waals surface area (Å²) in [6, 6.07) is 22.4. The Kier molecular flexibility index (Phi) is 11.5. The first kappa shape index (κ1) is 35.2. The Morgan fingerprint density at radius 3 is 2.21 bits per heavy atom. The quantitative estimate of drug-likeness (QED) is 0.138. The van der Waals surface area contributed by atoms with E-state index in [1.807, 2.05) is 30.3 Å². The van der Waals surface area contributed by atoms with E-state index in [0.717, 1.165) is 15.9 Å². The third kappa shape index (κ3) is 8.39. The van der Waals surface area contributed by atoms with Crippen molar-refractivity contribution in [3.05, 3.63) is 128 Å². The Morgan fingerprint density at radius 2 is 1.60 bits per heavy atom. The van der Waals surface area contributed by atoms with Gasteiger partial charge in [0.1, 0.15) is 18.3 Å². The lowest BCUT2D eigenvalue weighted by Crippen LogP contribution is -2.53. The van der Waals surface area contributed by atoms with Crippen molar-refractivity contribution in [3.63, 3.8) is 0 Å². The van der Waals surface area contributed by atoms with Crippen LogP contribution >= 0.6 is 23.2 Å². The van der Waals surface area contributed by atoms with Crippen LogP contribution < -0.4 is 14.4 Å². The van der Waals surface area contributed by atoms with Crippen molar-refractivity contribution in [2.24, 2.45) is 0 Å². The monoisotopic (exact) mass is 698 g/mol. The maximum atomic E-state index is 14.5. The number of nitro groups is 1. The molecular formula is C33H32Cl2N4O7S. The predicted molar refractivity (Wildman–Crippen MR) is 180 cm³/mol. The van der Waals surface area contributed by atoms with Gasteiger partial charge in [-0.05, 0) is 54.4 Å². The van der Waals surface area contributed by atoms with Crippen LogP contribution in [0.4, 0.5) is 11.4 Å². The number of methoxy groups -OCH3 is 1. The molecule has 11 nitrogen and oxygen atoms in total. The molecule has 0 aliphatic carbocycles. The number of nitrogens with one attached hydrogen (secondary N) is 1. The molecule has 0 aliphatic rings. The van der Waals surface area contributed by atoms with Crippen LogP contribution in [0.25, 0.3) is 0 Å². The van der Waals surface area contributed by atoms with Gasteiger partial charge in [-0.3, -0.25) is 24.0 Å². The minimum Gasteiger partial charge on any atom is -0.495 e. The van der Waals surface area contributed by atoms with E-state index in [0.29, 0.717) is 10.6 Å². The third-order valence-electron chi connectivity index (χ3n) is 7.44. The number of carbonyl (C=O) groups excluding carboxylic acids is 2. The van der Waals surface area contributed by atoms with Crippen LogP contribution in [-0.4, -0.2) is 56.8 Å². The van der Waals surface area contributed by atoms with Crippen LogP contribution in [0.15, 0.2) is 95.9 Å². The fraction of sp³-hybridized carbons (Fsp3) is 0.212. The molecule has 4 aromatic carbocycles. The van der Waals surface area contributed by atoms with Gasteiger partial charge in [0.15, 0.2) is 0 Å². The number of hydrogen-bond acceptors (Lipinski definition) is 7. The van der Waals surface area contributed by atoms with Gasteiger partial charge in [0.2, 0.25) is 11.8 Å². The molecular weight excluding hydrogens is 667 g/mol. The van der Waals surface area contributed by atoms with Gasteiger partial charge in [-0.15, -0.1) is 0 Å². The summed E-state index contributed by atoms with van der Waals surface area (Å²) in [7, 11) is -1.90. The summed E-state index contributed by atoms with van der Waals surface area (Å²) in [5, 5.41) is 15.0. The van der Waals surface area contributed by atoms with Crippen LogP contribution in [0.1, 0.15) is 16.7 Å². The molecule has 0 saturated heterocycles. The molecule has 0 spiro atoms. The topological polar surface area (TPSA) is 139 Å². The van der Waals surface area contributed by atoms with E-state index in [1.54, 1.807) is 24.3 Å². The summed E-state index contributed by atoms with van der Waals surface area (Å²) in [6.07, 6.45) is 0.122. The number of carbonyl (C=O) groups is 2. The highest BCUT2D eigenvalue weighted by Crippen LogP contribution is 2.36. The number of likely N-dealkylation sites (N-methyl/N-ethyl adjacent to an activating group) is 1. The van der Waals surface area contributed by atoms with Crippen LogP contribution in [0, 0.1) is 17.0 Å². The van der Waals surface area contributed by atoms with E-state index in [-0.39, 0.29) is 35.0 Å². The lowest BCUT2D eigenvalue weighted by Gasteiger charge is -2.34. The molecule has 0 saturated carbocycles. The van der Waals surface area contributed by atoms with Crippen molar-refractivity contribution in [1.82, 2.24) is 10.2 Å². The summed E-state index contributed by atoms with van der Waals surface area (Å²) >= 11 is 12.4. The van der Waals surface area contributed by atoms with Crippen LogP contribution in [0.2, 0.25) is 10.0 Å². The predicted octanol–water partition coefficient (Wildman–Crippen LogP) is 5.80. The number of aryl methyl sites for hydroxylation is 1. The minimum absolute atomic E-state index is 0.0719. The number of amides is 2. The second kappa shape index (κ2) is 15.3. The number of nitro benzene ring substituents is 1. The molecule has 2 amide bonds. The van der Waals surface area contributed by atoms with Crippen LogP contribution in [0.5, 0.6) is 5.75 Å². The van der Waals surface area contributed by atoms with E-state index >= 15 is 0 Å². The van der Waals surface area contributed by atoms with Crippen molar-refractivity contribution in [1.29, 1.82) is 0 Å². The number of benzene rings is 4.